The van der Waals surface area contributed by atoms with Crippen molar-refractivity contribution in [2.75, 3.05) is 13.7 Å². The summed E-state index contributed by atoms with van der Waals surface area (Å²) in [5.41, 5.74) is 1.54. The van der Waals surface area contributed by atoms with Gasteiger partial charge in [-0.2, -0.15) is 0 Å². The van der Waals surface area contributed by atoms with Gasteiger partial charge in [-0.3, -0.25) is 0 Å². The van der Waals surface area contributed by atoms with Crippen LogP contribution in [0, 0.1) is 11.3 Å². The molecule has 1 aromatic rings. The Morgan fingerprint density at radius 2 is 2.00 bits per heavy atom. The summed E-state index contributed by atoms with van der Waals surface area (Å²) in [6.45, 7) is 7.84. The second-order valence-corrected chi connectivity index (χ2v) is 7.06. The molecule has 0 radical (unpaired) electrons. The van der Waals surface area contributed by atoms with Crippen LogP contribution in [0.5, 0.6) is 5.75 Å². The summed E-state index contributed by atoms with van der Waals surface area (Å²) < 4.78 is 11.2. The van der Waals surface area contributed by atoms with Crippen molar-refractivity contribution in [3.8, 4) is 5.75 Å². The van der Waals surface area contributed by atoms with Gasteiger partial charge in [0.2, 0.25) is 0 Å². The zero-order valence-corrected chi connectivity index (χ0v) is 13.6. The molecule has 2 fully saturated rings. The van der Waals surface area contributed by atoms with Crippen molar-refractivity contribution >= 4 is 0 Å². The van der Waals surface area contributed by atoms with Gasteiger partial charge in [0, 0.05) is 30.0 Å². The first-order valence-electron chi connectivity index (χ1n) is 8.05. The lowest BCUT2D eigenvalue weighted by molar-refractivity contribution is -0.194. The van der Waals surface area contributed by atoms with Gasteiger partial charge >= 0.3 is 0 Å². The van der Waals surface area contributed by atoms with Crippen molar-refractivity contribution in [3.05, 3.63) is 29.8 Å². The average Bonchev–Trinajstić information content (AvgIpc) is 2.52. The topological polar surface area (TPSA) is 30.5 Å². The van der Waals surface area contributed by atoms with Gasteiger partial charge in [-0.1, -0.05) is 26.0 Å². The van der Waals surface area contributed by atoms with Crippen LogP contribution >= 0.6 is 0 Å². The third-order valence-corrected chi connectivity index (χ3v) is 5.38. The molecule has 1 aliphatic carbocycles. The number of fused-ring (bicyclic) bond motifs is 1. The standard InChI is InChI=1S/C18H27NO2/c1-12(13-7-9-14(20-4)10-8-13)19-16-15-6-5-11-21-17(15)18(16,2)3/h7-10,12,15-17,19H,5-6,11H2,1-4H3/t12-,15?,16?,17?/m1/s1. The predicted molar refractivity (Wildman–Crippen MR) is 84.6 cm³/mol. The zero-order valence-electron chi connectivity index (χ0n) is 13.6. The van der Waals surface area contributed by atoms with E-state index < -0.39 is 0 Å². The summed E-state index contributed by atoms with van der Waals surface area (Å²) in [6, 6.07) is 9.26. The Balaban J connectivity index is 1.67. The smallest absolute Gasteiger partial charge is 0.118 e. The van der Waals surface area contributed by atoms with Gasteiger partial charge in [-0.15, -0.1) is 0 Å². The van der Waals surface area contributed by atoms with E-state index in [9.17, 15) is 0 Å². The maximum atomic E-state index is 5.98. The van der Waals surface area contributed by atoms with E-state index in [0.29, 0.717) is 24.1 Å². The fraction of sp³-hybridized carbons (Fsp3) is 0.667. The first kappa shape index (κ1) is 14.9. The molecule has 1 aromatic carbocycles. The van der Waals surface area contributed by atoms with Crippen LogP contribution in [0.25, 0.3) is 0 Å². The van der Waals surface area contributed by atoms with E-state index in [1.54, 1.807) is 7.11 Å². The average molecular weight is 289 g/mol. The highest BCUT2D eigenvalue weighted by Gasteiger charge is 2.57. The Bertz CT molecular complexity index is 482. The predicted octanol–water partition coefficient (Wildman–Crippen LogP) is 3.55. The van der Waals surface area contributed by atoms with E-state index in [1.807, 2.05) is 12.1 Å². The van der Waals surface area contributed by atoms with Gasteiger partial charge in [0.05, 0.1) is 13.2 Å². The second kappa shape index (κ2) is 5.62. The number of hydrogen-bond acceptors (Lipinski definition) is 3. The van der Waals surface area contributed by atoms with E-state index in [2.05, 4.69) is 38.2 Å². The van der Waals surface area contributed by atoms with Crippen molar-refractivity contribution in [1.29, 1.82) is 0 Å². The maximum absolute atomic E-state index is 5.98. The molecular formula is C18H27NO2. The van der Waals surface area contributed by atoms with E-state index in [0.717, 1.165) is 12.4 Å². The number of methoxy groups -OCH3 is 1. The monoisotopic (exact) mass is 289 g/mol. The van der Waals surface area contributed by atoms with E-state index in [4.69, 9.17) is 9.47 Å². The molecule has 0 spiro atoms. The molecule has 1 N–H and O–H groups in total. The van der Waals surface area contributed by atoms with Crippen LogP contribution in [-0.4, -0.2) is 25.9 Å². The van der Waals surface area contributed by atoms with Crippen LogP contribution in [0.1, 0.15) is 45.2 Å². The van der Waals surface area contributed by atoms with Crippen molar-refractivity contribution in [1.82, 2.24) is 5.32 Å². The highest BCUT2D eigenvalue weighted by atomic mass is 16.5. The molecular weight excluding hydrogens is 262 g/mol. The number of ether oxygens (including phenoxy) is 2. The molecule has 1 saturated carbocycles. The summed E-state index contributed by atoms with van der Waals surface area (Å²) >= 11 is 0. The SMILES string of the molecule is COc1ccc([C@@H](C)NC2C3CCCOC3C2(C)C)cc1. The summed E-state index contributed by atoms with van der Waals surface area (Å²) in [5.74, 6) is 1.59. The zero-order chi connectivity index (χ0) is 15.0. The Labute approximate surface area is 128 Å². The molecule has 0 aromatic heterocycles. The van der Waals surface area contributed by atoms with E-state index >= 15 is 0 Å². The number of rotatable bonds is 4. The largest absolute Gasteiger partial charge is 0.497 e. The molecule has 1 saturated heterocycles. The second-order valence-electron chi connectivity index (χ2n) is 7.06. The van der Waals surface area contributed by atoms with Crippen LogP contribution < -0.4 is 10.1 Å². The Kier molecular flexibility index (Phi) is 3.98. The molecule has 21 heavy (non-hydrogen) atoms. The fourth-order valence-corrected chi connectivity index (χ4v) is 4.12. The molecule has 1 heterocycles. The first-order chi connectivity index (χ1) is 10.0. The molecule has 4 atom stereocenters. The fourth-order valence-electron chi connectivity index (χ4n) is 4.12. The molecule has 1 aliphatic heterocycles. The minimum atomic E-state index is 0.228. The minimum Gasteiger partial charge on any atom is -0.497 e. The lowest BCUT2D eigenvalue weighted by Gasteiger charge is -2.60. The Morgan fingerprint density at radius 3 is 2.67 bits per heavy atom. The van der Waals surface area contributed by atoms with Crippen molar-refractivity contribution in [2.45, 2.75) is 51.8 Å². The van der Waals surface area contributed by atoms with Crippen LogP contribution in [0.2, 0.25) is 0 Å². The van der Waals surface area contributed by atoms with Gasteiger partial charge in [0.25, 0.3) is 0 Å². The Hall–Kier alpha value is -1.06. The van der Waals surface area contributed by atoms with Gasteiger partial charge in [0.15, 0.2) is 0 Å². The van der Waals surface area contributed by atoms with Crippen molar-refractivity contribution in [2.24, 2.45) is 11.3 Å². The summed E-state index contributed by atoms with van der Waals surface area (Å²) in [7, 11) is 1.71. The Morgan fingerprint density at radius 1 is 1.29 bits per heavy atom. The molecule has 0 amide bonds. The third kappa shape index (κ3) is 2.58. The molecule has 0 bridgehead atoms. The van der Waals surface area contributed by atoms with Crippen LogP contribution in [-0.2, 0) is 4.74 Å². The summed E-state index contributed by atoms with van der Waals surface area (Å²) in [5, 5.41) is 3.84. The first-order valence-corrected chi connectivity index (χ1v) is 8.05. The van der Waals surface area contributed by atoms with Crippen LogP contribution in [0.15, 0.2) is 24.3 Å². The quantitative estimate of drug-likeness (QED) is 0.919. The molecule has 3 heteroatoms. The maximum Gasteiger partial charge on any atom is 0.118 e. The normalized spacial score (nSPS) is 31.9. The molecule has 2 aliphatic rings. The van der Waals surface area contributed by atoms with Gasteiger partial charge < -0.3 is 14.8 Å². The summed E-state index contributed by atoms with van der Waals surface area (Å²) in [6.07, 6.45) is 2.93. The van der Waals surface area contributed by atoms with Gasteiger partial charge in [-0.25, -0.2) is 0 Å². The number of benzene rings is 1. The lowest BCUT2D eigenvalue weighted by atomic mass is 9.55. The van der Waals surface area contributed by atoms with Gasteiger partial charge in [-0.05, 0) is 37.5 Å². The van der Waals surface area contributed by atoms with Crippen molar-refractivity contribution < 1.29 is 9.47 Å². The van der Waals surface area contributed by atoms with Crippen LogP contribution in [0.4, 0.5) is 0 Å². The summed E-state index contributed by atoms with van der Waals surface area (Å²) in [4.78, 5) is 0. The minimum absolute atomic E-state index is 0.228. The highest BCUT2D eigenvalue weighted by Crippen LogP contribution is 2.51. The molecule has 3 rings (SSSR count). The molecule has 3 unspecified atom stereocenters. The van der Waals surface area contributed by atoms with E-state index in [1.165, 1.54) is 18.4 Å². The number of hydrogen-bond donors (Lipinski definition) is 1. The lowest BCUT2D eigenvalue weighted by Crippen LogP contribution is -2.69. The highest BCUT2D eigenvalue weighted by molar-refractivity contribution is 5.29. The van der Waals surface area contributed by atoms with Crippen LogP contribution in [0.3, 0.4) is 0 Å². The molecule has 3 nitrogen and oxygen atoms in total. The third-order valence-electron chi connectivity index (χ3n) is 5.38. The van der Waals surface area contributed by atoms with Crippen molar-refractivity contribution in [3.63, 3.8) is 0 Å². The van der Waals surface area contributed by atoms with Gasteiger partial charge in [0.1, 0.15) is 5.75 Å². The number of nitrogens with one attached hydrogen (secondary N) is 1. The molecule has 116 valence electrons. The van der Waals surface area contributed by atoms with E-state index in [-0.39, 0.29) is 5.41 Å².